The van der Waals surface area contributed by atoms with Crippen LogP contribution in [0.2, 0.25) is 0 Å². The molecule has 0 aromatic heterocycles. The van der Waals surface area contributed by atoms with Gasteiger partial charge in [0.05, 0.1) is 5.56 Å². The molecule has 3 aromatic carbocycles. The number of hydrogen-bond donors (Lipinski definition) is 0. The first kappa shape index (κ1) is 19.3. The summed E-state index contributed by atoms with van der Waals surface area (Å²) < 4.78 is 45.1. The fraction of sp³-hybridized carbons (Fsp3) is 0.167. The van der Waals surface area contributed by atoms with Gasteiger partial charge in [-0.25, -0.2) is 0 Å². The molecule has 0 fully saturated rings. The summed E-state index contributed by atoms with van der Waals surface area (Å²) in [7, 11) is 1.96. The Labute approximate surface area is 167 Å². The highest BCUT2D eigenvalue weighted by atomic mass is 19.4. The Morgan fingerprint density at radius 1 is 0.897 bits per heavy atom. The second-order valence-corrected chi connectivity index (χ2v) is 7.10. The van der Waals surface area contributed by atoms with Gasteiger partial charge >= 0.3 is 6.18 Å². The smallest absolute Gasteiger partial charge is 0.416 e. The number of hydrogen-bond acceptors (Lipinski definition) is 2. The highest BCUT2D eigenvalue weighted by molar-refractivity contribution is 5.65. The number of fused-ring (bicyclic) bond motifs is 1. The van der Waals surface area contributed by atoms with Crippen molar-refractivity contribution in [3.05, 3.63) is 95.6 Å². The monoisotopic (exact) mass is 395 g/mol. The Morgan fingerprint density at radius 2 is 1.62 bits per heavy atom. The zero-order chi connectivity index (χ0) is 20.4. The van der Waals surface area contributed by atoms with E-state index in [0.29, 0.717) is 12.1 Å². The van der Waals surface area contributed by atoms with Crippen molar-refractivity contribution in [1.29, 1.82) is 0 Å². The Balaban J connectivity index is 1.51. The standard InChI is InChI=1S/C24H20F3NO/c1-28(23-13-12-18-7-2-3-11-22(18)29-23)16-17-6-4-8-19(14-17)20-9-5-10-21(15-20)24(25,26)27/h2-15,23H,16H2,1H3. The van der Waals surface area contributed by atoms with Crippen LogP contribution in [-0.2, 0) is 12.7 Å². The summed E-state index contributed by atoms with van der Waals surface area (Å²) in [5.74, 6) is 0.838. The van der Waals surface area contributed by atoms with Crippen LogP contribution in [0.3, 0.4) is 0 Å². The van der Waals surface area contributed by atoms with Gasteiger partial charge in [-0.05, 0) is 54.1 Å². The van der Waals surface area contributed by atoms with Crippen LogP contribution in [0.4, 0.5) is 13.2 Å². The van der Waals surface area contributed by atoms with E-state index in [1.54, 1.807) is 6.07 Å². The number of nitrogens with zero attached hydrogens (tertiary/aromatic N) is 1. The maximum atomic E-state index is 13.0. The molecule has 2 nitrogen and oxygen atoms in total. The van der Waals surface area contributed by atoms with Gasteiger partial charge < -0.3 is 4.74 Å². The summed E-state index contributed by atoms with van der Waals surface area (Å²) in [4.78, 5) is 2.05. The van der Waals surface area contributed by atoms with Crippen molar-refractivity contribution in [1.82, 2.24) is 4.90 Å². The Kier molecular flexibility index (Phi) is 5.16. The van der Waals surface area contributed by atoms with E-state index >= 15 is 0 Å². The molecule has 1 heterocycles. The van der Waals surface area contributed by atoms with Crippen molar-refractivity contribution in [2.45, 2.75) is 18.9 Å². The lowest BCUT2D eigenvalue weighted by molar-refractivity contribution is -0.137. The molecular formula is C24H20F3NO. The summed E-state index contributed by atoms with van der Waals surface area (Å²) in [6.45, 7) is 0.601. The van der Waals surface area contributed by atoms with Crippen LogP contribution in [0.15, 0.2) is 78.9 Å². The Morgan fingerprint density at radius 3 is 2.41 bits per heavy atom. The Hall–Kier alpha value is -3.05. The summed E-state index contributed by atoms with van der Waals surface area (Å²) in [6, 6.07) is 20.8. The van der Waals surface area contributed by atoms with Crippen molar-refractivity contribution in [2.24, 2.45) is 0 Å². The van der Waals surface area contributed by atoms with Gasteiger partial charge in [-0.3, -0.25) is 4.90 Å². The number of para-hydroxylation sites is 1. The SMILES string of the molecule is CN(Cc1cccc(-c2cccc(C(F)(F)F)c2)c1)C1C=Cc2ccccc2O1. The second kappa shape index (κ2) is 7.76. The molecule has 4 rings (SSSR count). The molecule has 0 N–H and O–H groups in total. The van der Waals surface area contributed by atoms with Crippen molar-refractivity contribution in [2.75, 3.05) is 7.05 Å². The van der Waals surface area contributed by atoms with E-state index in [9.17, 15) is 13.2 Å². The number of alkyl halides is 3. The van der Waals surface area contributed by atoms with Crippen molar-refractivity contribution in [3.63, 3.8) is 0 Å². The highest BCUT2D eigenvalue weighted by Crippen LogP contribution is 2.32. The van der Waals surface area contributed by atoms with Gasteiger partial charge in [0.25, 0.3) is 0 Å². The van der Waals surface area contributed by atoms with Gasteiger partial charge in [-0.2, -0.15) is 13.2 Å². The molecule has 0 saturated carbocycles. The Bertz CT molecular complexity index is 1040. The van der Waals surface area contributed by atoms with Crippen molar-refractivity contribution >= 4 is 6.08 Å². The van der Waals surface area contributed by atoms with E-state index in [2.05, 4.69) is 4.90 Å². The largest absolute Gasteiger partial charge is 0.471 e. The van der Waals surface area contributed by atoms with E-state index in [-0.39, 0.29) is 6.23 Å². The molecule has 0 amide bonds. The van der Waals surface area contributed by atoms with Gasteiger partial charge in [0.1, 0.15) is 5.75 Å². The van der Waals surface area contributed by atoms with Crippen LogP contribution in [-0.4, -0.2) is 18.2 Å². The zero-order valence-corrected chi connectivity index (χ0v) is 15.9. The first-order chi connectivity index (χ1) is 13.9. The van der Waals surface area contributed by atoms with Gasteiger partial charge in [0.2, 0.25) is 0 Å². The summed E-state index contributed by atoms with van der Waals surface area (Å²) >= 11 is 0. The molecule has 0 radical (unpaired) electrons. The summed E-state index contributed by atoms with van der Waals surface area (Å²) in [6.07, 6.45) is -0.519. The molecule has 0 saturated heterocycles. The lowest BCUT2D eigenvalue weighted by Gasteiger charge is -2.29. The lowest BCUT2D eigenvalue weighted by atomic mass is 10.0. The van der Waals surface area contributed by atoms with Gasteiger partial charge in [0.15, 0.2) is 6.23 Å². The maximum absolute atomic E-state index is 13.0. The van der Waals surface area contributed by atoms with Gasteiger partial charge in [0, 0.05) is 12.1 Å². The molecule has 1 atom stereocenters. The third kappa shape index (κ3) is 4.35. The van der Waals surface area contributed by atoms with E-state index in [0.717, 1.165) is 28.5 Å². The average molecular weight is 395 g/mol. The third-order valence-electron chi connectivity index (χ3n) is 4.92. The number of halogens is 3. The normalized spacial score (nSPS) is 15.8. The molecule has 1 aliphatic rings. The summed E-state index contributed by atoms with van der Waals surface area (Å²) in [5, 5.41) is 0. The van der Waals surface area contributed by atoms with E-state index in [1.165, 1.54) is 12.1 Å². The second-order valence-electron chi connectivity index (χ2n) is 7.10. The highest BCUT2D eigenvalue weighted by Gasteiger charge is 2.30. The molecule has 1 unspecified atom stereocenters. The van der Waals surface area contributed by atoms with E-state index in [4.69, 9.17) is 4.74 Å². The molecule has 0 aliphatic carbocycles. The number of rotatable bonds is 4. The van der Waals surface area contributed by atoms with Crippen LogP contribution in [0, 0.1) is 0 Å². The van der Waals surface area contributed by atoms with Gasteiger partial charge in [-0.1, -0.05) is 54.6 Å². The van der Waals surface area contributed by atoms with Gasteiger partial charge in [-0.15, -0.1) is 0 Å². The minimum Gasteiger partial charge on any atom is -0.471 e. The maximum Gasteiger partial charge on any atom is 0.416 e. The number of benzene rings is 3. The minimum absolute atomic E-state index is 0.206. The number of likely N-dealkylation sites (N-methyl/N-ethyl adjacent to an activating group) is 1. The quantitative estimate of drug-likeness (QED) is 0.519. The molecule has 29 heavy (non-hydrogen) atoms. The van der Waals surface area contributed by atoms with Crippen molar-refractivity contribution < 1.29 is 17.9 Å². The molecular weight excluding hydrogens is 375 g/mol. The molecule has 0 bridgehead atoms. The first-order valence-electron chi connectivity index (χ1n) is 9.31. The zero-order valence-electron chi connectivity index (χ0n) is 15.9. The topological polar surface area (TPSA) is 12.5 Å². The van der Waals surface area contributed by atoms with E-state index in [1.807, 2.05) is 67.7 Å². The molecule has 1 aliphatic heterocycles. The summed E-state index contributed by atoms with van der Waals surface area (Å²) in [5.41, 5.74) is 2.71. The fourth-order valence-electron chi connectivity index (χ4n) is 3.42. The van der Waals surface area contributed by atoms with Crippen LogP contribution >= 0.6 is 0 Å². The van der Waals surface area contributed by atoms with Crippen molar-refractivity contribution in [3.8, 4) is 16.9 Å². The minimum atomic E-state index is -4.35. The molecule has 0 spiro atoms. The number of ether oxygens (including phenoxy) is 1. The molecule has 5 heteroatoms. The van der Waals surface area contributed by atoms with Crippen LogP contribution in [0.25, 0.3) is 17.2 Å². The van der Waals surface area contributed by atoms with E-state index < -0.39 is 11.7 Å². The fourth-order valence-corrected chi connectivity index (χ4v) is 3.42. The van der Waals surface area contributed by atoms with Crippen LogP contribution in [0.5, 0.6) is 5.75 Å². The molecule has 148 valence electrons. The average Bonchev–Trinajstić information content (AvgIpc) is 2.73. The molecule has 3 aromatic rings. The lowest BCUT2D eigenvalue weighted by Crippen LogP contribution is -2.35. The predicted molar refractivity (Wildman–Crippen MR) is 108 cm³/mol. The third-order valence-corrected chi connectivity index (χ3v) is 4.92. The van der Waals surface area contributed by atoms with Crippen LogP contribution in [0.1, 0.15) is 16.7 Å². The predicted octanol–water partition coefficient (Wildman–Crippen LogP) is 6.24. The van der Waals surface area contributed by atoms with Crippen LogP contribution < -0.4 is 4.74 Å². The first-order valence-corrected chi connectivity index (χ1v) is 9.31.